The molecule has 156 valence electrons. The molecular formula is C18H33N3O6. The number of nitrogens with zero attached hydrogens (tertiary/aromatic N) is 2. The van der Waals surface area contributed by atoms with Gasteiger partial charge in [-0.2, -0.15) is 0 Å². The molecule has 1 N–H and O–H groups in total. The number of rotatable bonds is 5. The predicted octanol–water partition coefficient (Wildman–Crippen LogP) is 3.00. The van der Waals surface area contributed by atoms with E-state index < -0.39 is 24.2 Å². The van der Waals surface area contributed by atoms with Crippen molar-refractivity contribution in [3.8, 4) is 0 Å². The summed E-state index contributed by atoms with van der Waals surface area (Å²) >= 11 is 0. The molecule has 9 heteroatoms. The number of hydrogen-bond acceptors (Lipinski definition) is 7. The summed E-state index contributed by atoms with van der Waals surface area (Å²) in [5, 5.41) is 2.48. The van der Waals surface area contributed by atoms with Gasteiger partial charge in [-0.05, 0) is 67.7 Å². The zero-order chi connectivity index (χ0) is 20.8. The highest BCUT2D eigenvalue weighted by molar-refractivity contribution is 5.82. The second-order valence-electron chi connectivity index (χ2n) is 7.76. The van der Waals surface area contributed by atoms with Crippen molar-refractivity contribution in [3.63, 3.8) is 0 Å². The summed E-state index contributed by atoms with van der Waals surface area (Å²) in [7, 11) is 0. The molecule has 0 aliphatic carbocycles. The van der Waals surface area contributed by atoms with Gasteiger partial charge >= 0.3 is 18.2 Å². The lowest BCUT2D eigenvalue weighted by Crippen LogP contribution is -2.61. The highest BCUT2D eigenvalue weighted by Gasteiger charge is 2.45. The number of carbonyl (C=O) groups excluding carboxylic acids is 3. The van der Waals surface area contributed by atoms with E-state index in [2.05, 4.69) is 5.43 Å². The van der Waals surface area contributed by atoms with E-state index in [0.29, 0.717) is 0 Å². The Morgan fingerprint density at radius 3 is 2.04 bits per heavy atom. The maximum absolute atomic E-state index is 12.8. The first-order chi connectivity index (χ1) is 12.5. The SMILES string of the molecule is CCOC(=O)NN(C(=O)OCC)C(C)C(=O)ON1C(C)(C)CCCC1(C)C. The van der Waals surface area contributed by atoms with Crippen LogP contribution in [-0.4, -0.2) is 58.6 Å². The third-order valence-electron chi connectivity index (χ3n) is 4.54. The fourth-order valence-electron chi connectivity index (χ4n) is 3.25. The van der Waals surface area contributed by atoms with Crippen LogP contribution in [-0.2, 0) is 19.1 Å². The van der Waals surface area contributed by atoms with Crippen LogP contribution in [0.5, 0.6) is 0 Å². The molecule has 2 amide bonds. The van der Waals surface area contributed by atoms with Gasteiger partial charge in [0.2, 0.25) is 0 Å². The second-order valence-corrected chi connectivity index (χ2v) is 7.76. The van der Waals surface area contributed by atoms with Crippen molar-refractivity contribution in [1.82, 2.24) is 15.5 Å². The molecule has 1 fully saturated rings. The first-order valence-electron chi connectivity index (χ1n) is 9.37. The Hall–Kier alpha value is -2.03. The highest BCUT2D eigenvalue weighted by Crippen LogP contribution is 2.38. The van der Waals surface area contributed by atoms with Crippen molar-refractivity contribution in [2.75, 3.05) is 13.2 Å². The molecule has 27 heavy (non-hydrogen) atoms. The molecule has 1 heterocycles. The minimum atomic E-state index is -1.11. The minimum absolute atomic E-state index is 0.0911. The number of ether oxygens (including phenoxy) is 2. The first-order valence-corrected chi connectivity index (χ1v) is 9.37. The molecule has 1 saturated heterocycles. The number of hydroxylamine groups is 2. The van der Waals surface area contributed by atoms with Crippen LogP contribution in [0.4, 0.5) is 9.59 Å². The lowest BCUT2D eigenvalue weighted by molar-refractivity contribution is -0.268. The lowest BCUT2D eigenvalue weighted by Gasteiger charge is -2.50. The average Bonchev–Trinajstić information content (AvgIpc) is 2.55. The number of nitrogens with one attached hydrogen (secondary N) is 1. The Labute approximate surface area is 161 Å². The molecule has 0 aromatic heterocycles. The Bertz CT molecular complexity index is 533. The second kappa shape index (κ2) is 9.25. The van der Waals surface area contributed by atoms with Crippen LogP contribution in [0.15, 0.2) is 0 Å². The first kappa shape index (κ1) is 23.0. The third kappa shape index (κ3) is 5.98. The quantitative estimate of drug-likeness (QED) is 0.724. The van der Waals surface area contributed by atoms with Crippen molar-refractivity contribution in [1.29, 1.82) is 0 Å². The van der Waals surface area contributed by atoms with Crippen LogP contribution in [0, 0.1) is 0 Å². The molecule has 0 spiro atoms. The van der Waals surface area contributed by atoms with E-state index in [-0.39, 0.29) is 24.3 Å². The number of hydrazine groups is 1. The average molecular weight is 387 g/mol. The molecule has 0 bridgehead atoms. The molecule has 1 rings (SSSR count). The monoisotopic (exact) mass is 387 g/mol. The molecule has 0 aromatic rings. The largest absolute Gasteiger partial charge is 0.449 e. The molecule has 1 aliphatic rings. The van der Waals surface area contributed by atoms with Crippen LogP contribution in [0.25, 0.3) is 0 Å². The molecular weight excluding hydrogens is 354 g/mol. The van der Waals surface area contributed by atoms with Gasteiger partial charge in [-0.25, -0.2) is 24.8 Å². The number of piperidine rings is 1. The normalized spacial score (nSPS) is 19.5. The summed E-state index contributed by atoms with van der Waals surface area (Å²) in [6, 6.07) is -1.11. The van der Waals surface area contributed by atoms with Crippen LogP contribution in [0.1, 0.15) is 67.7 Å². The van der Waals surface area contributed by atoms with Gasteiger partial charge < -0.3 is 14.3 Å². The fourth-order valence-corrected chi connectivity index (χ4v) is 3.25. The Morgan fingerprint density at radius 1 is 1.04 bits per heavy atom. The lowest BCUT2D eigenvalue weighted by atomic mass is 9.82. The van der Waals surface area contributed by atoms with Gasteiger partial charge in [0, 0.05) is 0 Å². The zero-order valence-corrected chi connectivity index (χ0v) is 17.5. The van der Waals surface area contributed by atoms with Gasteiger partial charge in [0.25, 0.3) is 0 Å². The maximum Gasteiger partial charge on any atom is 0.429 e. The van der Waals surface area contributed by atoms with Crippen LogP contribution < -0.4 is 5.43 Å². The minimum Gasteiger partial charge on any atom is -0.449 e. The van der Waals surface area contributed by atoms with E-state index >= 15 is 0 Å². The molecule has 1 unspecified atom stereocenters. The summed E-state index contributed by atoms with van der Waals surface area (Å²) in [6.45, 7) is 12.9. The predicted molar refractivity (Wildman–Crippen MR) is 98.4 cm³/mol. The highest BCUT2D eigenvalue weighted by atomic mass is 16.7. The molecule has 0 radical (unpaired) electrons. The third-order valence-corrected chi connectivity index (χ3v) is 4.54. The molecule has 9 nitrogen and oxygen atoms in total. The van der Waals surface area contributed by atoms with Crippen LogP contribution in [0.2, 0.25) is 0 Å². The Balaban J connectivity index is 2.95. The van der Waals surface area contributed by atoms with Crippen molar-refractivity contribution in [2.45, 2.75) is 84.8 Å². The Kier molecular flexibility index (Phi) is 7.89. The van der Waals surface area contributed by atoms with Crippen molar-refractivity contribution in [3.05, 3.63) is 0 Å². The van der Waals surface area contributed by atoms with Crippen LogP contribution >= 0.6 is 0 Å². The van der Waals surface area contributed by atoms with E-state index in [0.717, 1.165) is 24.3 Å². The number of hydrogen-bond donors (Lipinski definition) is 1. The van der Waals surface area contributed by atoms with E-state index in [4.69, 9.17) is 14.3 Å². The van der Waals surface area contributed by atoms with Gasteiger partial charge in [0.15, 0.2) is 6.04 Å². The van der Waals surface area contributed by atoms with E-state index in [1.54, 1.807) is 18.9 Å². The van der Waals surface area contributed by atoms with Gasteiger partial charge in [0.1, 0.15) is 0 Å². The van der Waals surface area contributed by atoms with Crippen molar-refractivity contribution >= 4 is 18.2 Å². The number of carbonyl (C=O) groups is 3. The fraction of sp³-hybridized carbons (Fsp3) is 0.833. The van der Waals surface area contributed by atoms with Gasteiger partial charge in [0.05, 0.1) is 24.3 Å². The summed E-state index contributed by atoms with van der Waals surface area (Å²) < 4.78 is 9.71. The molecule has 0 saturated carbocycles. The number of amides is 2. The molecule has 1 atom stereocenters. The van der Waals surface area contributed by atoms with Crippen molar-refractivity contribution < 1.29 is 28.7 Å². The van der Waals surface area contributed by atoms with Crippen molar-refractivity contribution in [2.24, 2.45) is 0 Å². The Morgan fingerprint density at radius 2 is 1.56 bits per heavy atom. The van der Waals surface area contributed by atoms with Gasteiger partial charge in [-0.15, -0.1) is 5.06 Å². The molecule has 0 aromatic carbocycles. The zero-order valence-electron chi connectivity index (χ0n) is 17.5. The smallest absolute Gasteiger partial charge is 0.429 e. The summed E-state index contributed by atoms with van der Waals surface area (Å²) in [6.07, 6.45) is 1.06. The van der Waals surface area contributed by atoms with E-state index in [9.17, 15) is 14.4 Å². The topological polar surface area (TPSA) is 97.4 Å². The molecule has 1 aliphatic heterocycles. The summed E-state index contributed by atoms with van der Waals surface area (Å²) in [4.78, 5) is 42.4. The van der Waals surface area contributed by atoms with Gasteiger partial charge in [-0.1, -0.05) is 0 Å². The maximum atomic E-state index is 12.8. The standard InChI is InChI=1S/C18H33N3O6/c1-8-25-15(23)19-20(16(24)26-9-2)13(3)14(22)27-21-17(4,5)11-10-12-18(21,6)7/h13H,8-12H2,1-7H3,(H,19,23). The van der Waals surface area contributed by atoms with E-state index in [1.165, 1.54) is 6.92 Å². The van der Waals surface area contributed by atoms with Crippen LogP contribution in [0.3, 0.4) is 0 Å². The summed E-state index contributed by atoms with van der Waals surface area (Å²) in [5.41, 5.74) is 1.55. The van der Waals surface area contributed by atoms with E-state index in [1.807, 2.05) is 27.7 Å². The van der Waals surface area contributed by atoms with Gasteiger partial charge in [-0.3, -0.25) is 0 Å². The summed E-state index contributed by atoms with van der Waals surface area (Å²) in [5.74, 6) is -0.678.